The molecule has 0 aromatic heterocycles. The van der Waals surface area contributed by atoms with E-state index in [9.17, 15) is 9.59 Å². The van der Waals surface area contributed by atoms with Gasteiger partial charge in [-0.05, 0) is 26.3 Å². The number of ether oxygens (including phenoxy) is 1. The summed E-state index contributed by atoms with van der Waals surface area (Å²) in [5.41, 5.74) is 0.406. The minimum atomic E-state index is -0.568. The molecule has 0 radical (unpaired) electrons. The molecule has 1 aromatic rings. The third kappa shape index (κ3) is 5.87. The van der Waals surface area contributed by atoms with Crippen molar-refractivity contribution in [1.82, 2.24) is 4.90 Å². The van der Waals surface area contributed by atoms with Crippen molar-refractivity contribution in [2.24, 2.45) is 0 Å². The summed E-state index contributed by atoms with van der Waals surface area (Å²) in [6, 6.07) is 9.58. The number of rotatable bonds is 5. The van der Waals surface area contributed by atoms with Crippen LogP contribution >= 0.6 is 0 Å². The molecule has 0 atom stereocenters. The van der Waals surface area contributed by atoms with E-state index in [-0.39, 0.29) is 12.3 Å². The van der Waals surface area contributed by atoms with E-state index in [1.807, 2.05) is 51.1 Å². The standard InChI is InChI=1S/C16H23NO3/c1-5-14(18)12-17(15(19)20-16(2,3)4)11-13-9-7-6-8-10-13/h6-10H,5,11-12H2,1-4H3. The van der Waals surface area contributed by atoms with Gasteiger partial charge in [0.05, 0.1) is 6.54 Å². The lowest BCUT2D eigenvalue weighted by atomic mass is 10.2. The Labute approximate surface area is 120 Å². The summed E-state index contributed by atoms with van der Waals surface area (Å²) in [5.74, 6) is 0.0202. The molecule has 0 N–H and O–H groups in total. The summed E-state index contributed by atoms with van der Waals surface area (Å²) in [7, 11) is 0. The maximum Gasteiger partial charge on any atom is 0.410 e. The van der Waals surface area contributed by atoms with Crippen LogP contribution in [0.3, 0.4) is 0 Å². The summed E-state index contributed by atoms with van der Waals surface area (Å²) >= 11 is 0. The zero-order valence-corrected chi connectivity index (χ0v) is 12.7. The van der Waals surface area contributed by atoms with Gasteiger partial charge >= 0.3 is 6.09 Å². The van der Waals surface area contributed by atoms with Gasteiger partial charge in [0.2, 0.25) is 0 Å². The van der Waals surface area contributed by atoms with Crippen molar-refractivity contribution >= 4 is 11.9 Å². The molecular weight excluding hydrogens is 254 g/mol. The fourth-order valence-electron chi connectivity index (χ4n) is 1.64. The third-order valence-corrected chi connectivity index (χ3v) is 2.63. The first-order valence-corrected chi connectivity index (χ1v) is 6.85. The van der Waals surface area contributed by atoms with Gasteiger partial charge in [0, 0.05) is 13.0 Å². The number of hydrogen-bond acceptors (Lipinski definition) is 3. The maximum atomic E-state index is 12.2. The first-order chi connectivity index (χ1) is 9.31. The van der Waals surface area contributed by atoms with E-state index in [1.54, 1.807) is 6.92 Å². The molecule has 0 heterocycles. The molecule has 0 aliphatic rings. The van der Waals surface area contributed by atoms with Crippen molar-refractivity contribution in [2.75, 3.05) is 6.54 Å². The van der Waals surface area contributed by atoms with Gasteiger partial charge in [0.15, 0.2) is 5.78 Å². The van der Waals surface area contributed by atoms with Crippen LogP contribution in [0.15, 0.2) is 30.3 Å². The molecule has 0 spiro atoms. The number of carbonyl (C=O) groups is 2. The molecule has 20 heavy (non-hydrogen) atoms. The highest BCUT2D eigenvalue weighted by Crippen LogP contribution is 2.13. The molecule has 1 amide bonds. The lowest BCUT2D eigenvalue weighted by Gasteiger charge is -2.27. The number of benzene rings is 1. The van der Waals surface area contributed by atoms with Crippen molar-refractivity contribution in [2.45, 2.75) is 46.3 Å². The zero-order chi connectivity index (χ0) is 15.2. The van der Waals surface area contributed by atoms with E-state index in [1.165, 1.54) is 4.90 Å². The minimum absolute atomic E-state index is 0.0202. The van der Waals surface area contributed by atoms with Crippen LogP contribution in [0.5, 0.6) is 0 Å². The SMILES string of the molecule is CCC(=O)CN(Cc1ccccc1)C(=O)OC(C)(C)C. The Hall–Kier alpha value is -1.84. The van der Waals surface area contributed by atoms with Crippen LogP contribution in [0, 0.1) is 0 Å². The predicted octanol–water partition coefficient (Wildman–Crippen LogP) is 3.40. The number of ketones is 1. The molecule has 0 aliphatic heterocycles. The quantitative estimate of drug-likeness (QED) is 0.828. The van der Waals surface area contributed by atoms with Crippen LogP contribution in [0.2, 0.25) is 0 Å². The fraction of sp³-hybridized carbons (Fsp3) is 0.500. The molecule has 1 rings (SSSR count). The summed E-state index contributed by atoms with van der Waals surface area (Å²) < 4.78 is 5.35. The van der Waals surface area contributed by atoms with E-state index < -0.39 is 11.7 Å². The Bertz CT molecular complexity index is 449. The Morgan fingerprint density at radius 3 is 2.25 bits per heavy atom. The second kappa shape index (κ2) is 7.08. The number of Topliss-reactive ketones (excluding diaryl/α,β-unsaturated/α-hetero) is 1. The smallest absolute Gasteiger partial charge is 0.410 e. The summed E-state index contributed by atoms with van der Waals surface area (Å²) in [4.78, 5) is 25.2. The van der Waals surface area contributed by atoms with Crippen LogP contribution in [0.1, 0.15) is 39.7 Å². The number of hydrogen-bond donors (Lipinski definition) is 0. The van der Waals surface area contributed by atoms with Crippen molar-refractivity contribution in [1.29, 1.82) is 0 Å². The fourth-order valence-corrected chi connectivity index (χ4v) is 1.64. The lowest BCUT2D eigenvalue weighted by molar-refractivity contribution is -0.120. The van der Waals surface area contributed by atoms with Crippen LogP contribution in [-0.4, -0.2) is 28.9 Å². The molecule has 1 aromatic carbocycles. The van der Waals surface area contributed by atoms with Gasteiger partial charge in [-0.3, -0.25) is 9.69 Å². The van der Waals surface area contributed by atoms with Gasteiger partial charge in [-0.25, -0.2) is 4.79 Å². The van der Waals surface area contributed by atoms with E-state index in [2.05, 4.69) is 0 Å². The van der Waals surface area contributed by atoms with Crippen molar-refractivity contribution in [3.8, 4) is 0 Å². The second-order valence-electron chi connectivity index (χ2n) is 5.71. The lowest BCUT2D eigenvalue weighted by Crippen LogP contribution is -2.39. The van der Waals surface area contributed by atoms with E-state index in [0.29, 0.717) is 13.0 Å². The predicted molar refractivity (Wildman–Crippen MR) is 78.4 cm³/mol. The highest BCUT2D eigenvalue weighted by molar-refractivity contribution is 5.83. The number of nitrogens with zero attached hydrogens (tertiary/aromatic N) is 1. The Morgan fingerprint density at radius 1 is 1.15 bits per heavy atom. The molecule has 4 nitrogen and oxygen atoms in total. The zero-order valence-electron chi connectivity index (χ0n) is 12.7. The summed E-state index contributed by atoms with van der Waals surface area (Å²) in [6.45, 7) is 7.69. The Kier molecular flexibility index (Phi) is 5.74. The summed E-state index contributed by atoms with van der Waals surface area (Å²) in [5, 5.41) is 0. The number of carbonyl (C=O) groups excluding carboxylic acids is 2. The van der Waals surface area contributed by atoms with Gasteiger partial charge in [-0.1, -0.05) is 37.3 Å². The monoisotopic (exact) mass is 277 g/mol. The van der Waals surface area contributed by atoms with Gasteiger partial charge in [0.25, 0.3) is 0 Å². The van der Waals surface area contributed by atoms with Crippen molar-refractivity contribution in [3.63, 3.8) is 0 Å². The third-order valence-electron chi connectivity index (χ3n) is 2.63. The molecule has 4 heteroatoms. The Morgan fingerprint density at radius 2 is 1.75 bits per heavy atom. The highest BCUT2D eigenvalue weighted by Gasteiger charge is 2.23. The molecule has 0 aliphatic carbocycles. The topological polar surface area (TPSA) is 46.6 Å². The molecule has 0 unspecified atom stereocenters. The molecule has 110 valence electrons. The van der Waals surface area contributed by atoms with Crippen LogP contribution in [0.4, 0.5) is 4.79 Å². The van der Waals surface area contributed by atoms with Gasteiger partial charge < -0.3 is 4.74 Å². The van der Waals surface area contributed by atoms with Crippen molar-refractivity contribution < 1.29 is 14.3 Å². The molecule has 0 bridgehead atoms. The van der Waals surface area contributed by atoms with Crippen LogP contribution < -0.4 is 0 Å². The van der Waals surface area contributed by atoms with Gasteiger partial charge in [-0.15, -0.1) is 0 Å². The second-order valence-corrected chi connectivity index (χ2v) is 5.71. The van der Waals surface area contributed by atoms with Crippen LogP contribution in [-0.2, 0) is 16.1 Å². The molecule has 0 fully saturated rings. The minimum Gasteiger partial charge on any atom is -0.444 e. The van der Waals surface area contributed by atoms with E-state index in [4.69, 9.17) is 4.74 Å². The Balaban J connectivity index is 2.79. The van der Waals surface area contributed by atoms with Crippen LogP contribution in [0.25, 0.3) is 0 Å². The average molecular weight is 277 g/mol. The highest BCUT2D eigenvalue weighted by atomic mass is 16.6. The van der Waals surface area contributed by atoms with Crippen molar-refractivity contribution in [3.05, 3.63) is 35.9 Å². The largest absolute Gasteiger partial charge is 0.444 e. The first kappa shape index (κ1) is 16.2. The maximum absolute atomic E-state index is 12.2. The molecule has 0 saturated heterocycles. The van der Waals surface area contributed by atoms with E-state index in [0.717, 1.165) is 5.56 Å². The van der Waals surface area contributed by atoms with Gasteiger partial charge in [-0.2, -0.15) is 0 Å². The van der Waals surface area contributed by atoms with Gasteiger partial charge in [0.1, 0.15) is 5.60 Å². The number of amides is 1. The summed E-state index contributed by atoms with van der Waals surface area (Å²) in [6.07, 6.45) is -0.0446. The van der Waals surface area contributed by atoms with E-state index >= 15 is 0 Å². The molecule has 0 saturated carbocycles. The first-order valence-electron chi connectivity index (χ1n) is 6.85. The molecular formula is C16H23NO3. The average Bonchev–Trinajstić information content (AvgIpc) is 2.37. The normalized spacial score (nSPS) is 11.0.